The van der Waals surface area contributed by atoms with Crippen molar-refractivity contribution in [3.8, 4) is 5.75 Å². The van der Waals surface area contributed by atoms with E-state index in [4.69, 9.17) is 13.9 Å². The topological polar surface area (TPSA) is 77.0 Å². The lowest BCUT2D eigenvalue weighted by Crippen LogP contribution is -2.47. The maximum absolute atomic E-state index is 12.0. The average Bonchev–Trinajstić information content (AvgIpc) is 2.93. The van der Waals surface area contributed by atoms with Gasteiger partial charge in [-0.25, -0.2) is 4.79 Å². The lowest BCUT2D eigenvalue weighted by atomic mass is 9.93. The van der Waals surface area contributed by atoms with Crippen LogP contribution >= 0.6 is 0 Å². The number of esters is 1. The minimum absolute atomic E-state index is 0.0354. The second-order valence-corrected chi connectivity index (χ2v) is 17.6. The van der Waals surface area contributed by atoms with Crippen LogP contribution in [-0.4, -0.2) is 38.6 Å². The lowest BCUT2D eigenvalue weighted by molar-refractivity contribution is 0.0600. The Labute approximate surface area is 247 Å². The molecule has 0 amide bonds. The smallest absolute Gasteiger partial charge is 0.337 e. The van der Waals surface area contributed by atoms with E-state index in [-0.39, 0.29) is 29.3 Å². The average molecular weight is 578 g/mol. The molecular weight excluding hydrogens is 530 g/mol. The van der Waals surface area contributed by atoms with Crippen molar-refractivity contribution < 1.29 is 23.8 Å². The fraction of sp³-hybridized carbons (Fsp3) is 0.441. The summed E-state index contributed by atoms with van der Waals surface area (Å²) in [5.74, 6) is 0.335. The third-order valence-corrected chi connectivity index (χ3v) is 12.4. The SMILES string of the molecule is COC(=O)c1cccc(CC(C)(C)NC[C@H](O[Si](C)(C)C(C)(C)C)c2ccc(OCc3ccccc3)c(CO)c2)c1. The summed E-state index contributed by atoms with van der Waals surface area (Å²) < 4.78 is 17.9. The van der Waals surface area contributed by atoms with E-state index in [1.165, 1.54) is 7.11 Å². The summed E-state index contributed by atoms with van der Waals surface area (Å²) in [4.78, 5) is 12.0. The van der Waals surface area contributed by atoms with Crippen LogP contribution in [0, 0.1) is 0 Å². The fourth-order valence-corrected chi connectivity index (χ4v) is 5.71. The minimum atomic E-state index is -2.13. The van der Waals surface area contributed by atoms with Crippen LogP contribution in [0.2, 0.25) is 18.1 Å². The lowest BCUT2D eigenvalue weighted by Gasteiger charge is -2.40. The number of benzene rings is 3. The van der Waals surface area contributed by atoms with Crippen LogP contribution in [0.3, 0.4) is 0 Å². The summed E-state index contributed by atoms with van der Waals surface area (Å²) in [6.45, 7) is 16.4. The van der Waals surface area contributed by atoms with Crippen molar-refractivity contribution in [3.63, 3.8) is 0 Å². The Kier molecular flexibility index (Phi) is 10.9. The summed E-state index contributed by atoms with van der Waals surface area (Å²) in [5, 5.41) is 14.0. The molecule has 1 atom stereocenters. The molecule has 0 spiro atoms. The molecule has 0 saturated carbocycles. The van der Waals surface area contributed by atoms with Gasteiger partial charge in [0.15, 0.2) is 8.32 Å². The van der Waals surface area contributed by atoms with E-state index in [0.29, 0.717) is 24.5 Å². The molecule has 0 aromatic heterocycles. The predicted molar refractivity (Wildman–Crippen MR) is 168 cm³/mol. The minimum Gasteiger partial charge on any atom is -0.489 e. The molecule has 0 fully saturated rings. The Morgan fingerprint density at radius 1 is 0.927 bits per heavy atom. The first-order chi connectivity index (χ1) is 19.2. The van der Waals surface area contributed by atoms with Crippen LogP contribution in [0.5, 0.6) is 5.75 Å². The molecule has 3 aromatic rings. The summed E-state index contributed by atoms with van der Waals surface area (Å²) in [6.07, 6.45) is 0.503. The standard InChI is InChI=1S/C34H47NO5Si/c1-33(2,3)41(7,8)40-31(22-35-34(4,5)21-26-15-12-16-28(19-26)32(37)38-6)27-17-18-30(29(20-27)23-36)39-24-25-13-10-9-11-14-25/h9-20,31,35-36H,21-24H2,1-8H3/t31-/m0/s1. The molecule has 0 aliphatic rings. The highest BCUT2D eigenvalue weighted by molar-refractivity contribution is 6.74. The van der Waals surface area contributed by atoms with Gasteiger partial charge in [0.05, 0.1) is 25.4 Å². The number of methoxy groups -OCH3 is 1. The number of aliphatic hydroxyl groups excluding tert-OH is 1. The third kappa shape index (κ3) is 9.26. The van der Waals surface area contributed by atoms with Crippen molar-refractivity contribution >= 4 is 14.3 Å². The highest BCUT2D eigenvalue weighted by Gasteiger charge is 2.40. The first kappa shape index (κ1) is 32.5. The largest absolute Gasteiger partial charge is 0.489 e. The Morgan fingerprint density at radius 3 is 2.24 bits per heavy atom. The Morgan fingerprint density at radius 2 is 1.61 bits per heavy atom. The van der Waals surface area contributed by atoms with E-state index < -0.39 is 8.32 Å². The molecule has 0 radical (unpaired) electrons. The molecule has 0 aliphatic heterocycles. The van der Waals surface area contributed by atoms with Gasteiger partial charge in [-0.1, -0.05) is 69.3 Å². The van der Waals surface area contributed by atoms with Crippen molar-refractivity contribution in [1.82, 2.24) is 5.32 Å². The van der Waals surface area contributed by atoms with Crippen LogP contribution < -0.4 is 10.1 Å². The van der Waals surface area contributed by atoms with Gasteiger partial charge >= 0.3 is 5.97 Å². The van der Waals surface area contributed by atoms with Gasteiger partial charge in [0.2, 0.25) is 0 Å². The summed E-state index contributed by atoms with van der Waals surface area (Å²) in [6, 6.07) is 23.6. The van der Waals surface area contributed by atoms with Gasteiger partial charge in [-0.05, 0) is 79.4 Å². The third-order valence-electron chi connectivity index (χ3n) is 7.87. The molecule has 222 valence electrons. The van der Waals surface area contributed by atoms with Crippen molar-refractivity contribution in [2.24, 2.45) is 0 Å². The first-order valence-electron chi connectivity index (χ1n) is 14.3. The van der Waals surface area contributed by atoms with E-state index in [2.05, 4.69) is 53.0 Å². The molecule has 0 aliphatic carbocycles. The van der Waals surface area contributed by atoms with Gasteiger partial charge < -0.3 is 24.3 Å². The van der Waals surface area contributed by atoms with Gasteiger partial charge in [-0.15, -0.1) is 0 Å². The molecule has 3 aromatic carbocycles. The summed E-state index contributed by atoms with van der Waals surface area (Å²) in [5.41, 5.74) is 4.13. The number of carbonyl (C=O) groups is 1. The van der Waals surface area contributed by atoms with E-state index in [0.717, 1.165) is 28.7 Å². The molecular formula is C34H47NO5Si. The van der Waals surface area contributed by atoms with Crippen LogP contribution in [-0.2, 0) is 28.8 Å². The number of nitrogens with one attached hydrogen (secondary N) is 1. The maximum Gasteiger partial charge on any atom is 0.337 e. The van der Waals surface area contributed by atoms with E-state index >= 15 is 0 Å². The van der Waals surface area contributed by atoms with Gasteiger partial charge in [-0.3, -0.25) is 0 Å². The second kappa shape index (κ2) is 13.8. The van der Waals surface area contributed by atoms with Crippen molar-refractivity contribution in [2.45, 2.75) is 84.0 Å². The molecule has 0 unspecified atom stereocenters. The number of ether oxygens (including phenoxy) is 2. The van der Waals surface area contributed by atoms with Crippen molar-refractivity contribution in [1.29, 1.82) is 0 Å². The fourth-order valence-electron chi connectivity index (χ4n) is 4.43. The van der Waals surface area contributed by atoms with E-state index in [1.54, 1.807) is 6.07 Å². The Balaban J connectivity index is 1.82. The predicted octanol–water partition coefficient (Wildman–Crippen LogP) is 7.22. The van der Waals surface area contributed by atoms with Crippen molar-refractivity contribution in [2.75, 3.05) is 13.7 Å². The molecule has 3 rings (SSSR count). The first-order valence-corrected chi connectivity index (χ1v) is 17.2. The molecule has 0 saturated heterocycles. The second-order valence-electron chi connectivity index (χ2n) is 12.8. The molecule has 6 nitrogen and oxygen atoms in total. The summed E-state index contributed by atoms with van der Waals surface area (Å²) >= 11 is 0. The van der Waals surface area contributed by atoms with Gasteiger partial charge in [0.1, 0.15) is 12.4 Å². The number of hydrogen-bond donors (Lipinski definition) is 2. The van der Waals surface area contributed by atoms with Crippen LogP contribution in [0.25, 0.3) is 0 Å². The number of rotatable bonds is 13. The Bertz CT molecular complexity index is 1280. The zero-order valence-electron chi connectivity index (χ0n) is 25.9. The molecule has 0 heterocycles. The zero-order valence-corrected chi connectivity index (χ0v) is 26.9. The highest BCUT2D eigenvalue weighted by Crippen LogP contribution is 2.40. The number of carbonyl (C=O) groups excluding carboxylic acids is 1. The molecule has 2 N–H and O–H groups in total. The van der Waals surface area contributed by atoms with Crippen molar-refractivity contribution in [3.05, 3.63) is 101 Å². The maximum atomic E-state index is 12.0. The van der Waals surface area contributed by atoms with Gasteiger partial charge in [-0.2, -0.15) is 0 Å². The van der Waals surface area contributed by atoms with Crippen LogP contribution in [0.1, 0.15) is 73.3 Å². The summed E-state index contributed by atoms with van der Waals surface area (Å²) in [7, 11) is -0.735. The zero-order chi connectivity index (χ0) is 30.3. The molecule has 0 bridgehead atoms. The van der Waals surface area contributed by atoms with Crippen LogP contribution in [0.15, 0.2) is 72.8 Å². The molecule has 41 heavy (non-hydrogen) atoms. The van der Waals surface area contributed by atoms with Crippen LogP contribution in [0.4, 0.5) is 0 Å². The quantitative estimate of drug-likeness (QED) is 0.165. The highest BCUT2D eigenvalue weighted by atomic mass is 28.4. The van der Waals surface area contributed by atoms with Gasteiger partial charge in [0, 0.05) is 17.6 Å². The van der Waals surface area contributed by atoms with E-state index in [1.807, 2.05) is 66.7 Å². The van der Waals surface area contributed by atoms with Gasteiger partial charge in [0.25, 0.3) is 0 Å². The number of aliphatic hydroxyl groups is 1. The van der Waals surface area contributed by atoms with E-state index in [9.17, 15) is 9.90 Å². The Hall–Kier alpha value is -2.97. The normalized spacial score (nSPS) is 13.1. The molecule has 7 heteroatoms. The number of hydrogen-bond acceptors (Lipinski definition) is 6. The monoisotopic (exact) mass is 577 g/mol.